The van der Waals surface area contributed by atoms with Crippen LogP contribution in [0.25, 0.3) is 0 Å². The van der Waals surface area contributed by atoms with Crippen LogP contribution in [0.2, 0.25) is 0 Å². The number of nitrogens with one attached hydrogen (secondary N) is 1. The zero-order valence-corrected chi connectivity index (χ0v) is 17.6. The Morgan fingerprint density at radius 1 is 1.13 bits per heavy atom. The highest BCUT2D eigenvalue weighted by atomic mass is 32.1. The highest BCUT2D eigenvalue weighted by molar-refractivity contribution is 7.17. The maximum absolute atomic E-state index is 13.1. The van der Waals surface area contributed by atoms with E-state index in [0.29, 0.717) is 35.6 Å². The molecule has 30 heavy (non-hydrogen) atoms. The molecule has 2 heterocycles. The second kappa shape index (κ2) is 9.71. The molecule has 0 spiro atoms. The molecule has 1 N–H and O–H groups in total. The Kier molecular flexibility index (Phi) is 7.04. The summed E-state index contributed by atoms with van der Waals surface area (Å²) >= 11 is 1.25. The summed E-state index contributed by atoms with van der Waals surface area (Å²) in [6.07, 6.45) is 0.100. The number of thiophene rings is 1. The summed E-state index contributed by atoms with van der Waals surface area (Å²) < 4.78 is 23.3. The average Bonchev–Trinajstić information content (AvgIpc) is 3.06. The summed E-state index contributed by atoms with van der Waals surface area (Å²) in [5.41, 5.74) is 1.78. The van der Waals surface area contributed by atoms with Gasteiger partial charge in [-0.05, 0) is 43.5 Å². The first-order chi connectivity index (χ1) is 14.4. The molecule has 0 radical (unpaired) electrons. The van der Waals surface area contributed by atoms with Crippen molar-refractivity contribution in [1.82, 2.24) is 4.90 Å². The fraction of sp³-hybridized carbons (Fsp3) is 0.381. The molecule has 0 saturated heterocycles. The van der Waals surface area contributed by atoms with Crippen molar-refractivity contribution in [3.8, 4) is 0 Å². The van der Waals surface area contributed by atoms with Crippen molar-refractivity contribution in [2.24, 2.45) is 0 Å². The molecule has 2 aromatic rings. The number of fused-ring (bicyclic) bond motifs is 1. The van der Waals surface area contributed by atoms with Gasteiger partial charge in [-0.2, -0.15) is 0 Å². The molecule has 9 heteroatoms. The minimum Gasteiger partial charge on any atom is -0.462 e. The highest BCUT2D eigenvalue weighted by Crippen LogP contribution is 2.38. The molecule has 0 unspecified atom stereocenters. The number of carbonyl (C=O) groups is 3. The average molecular weight is 434 g/mol. The third-order valence-electron chi connectivity index (χ3n) is 4.59. The summed E-state index contributed by atoms with van der Waals surface area (Å²) in [5.74, 6) is -1.20. The number of rotatable bonds is 6. The lowest BCUT2D eigenvalue weighted by atomic mass is 10.0. The monoisotopic (exact) mass is 434 g/mol. The number of hydrogen-bond acceptors (Lipinski definition) is 6. The van der Waals surface area contributed by atoms with E-state index in [4.69, 9.17) is 9.47 Å². The zero-order valence-electron chi connectivity index (χ0n) is 16.8. The van der Waals surface area contributed by atoms with Crippen LogP contribution in [0.15, 0.2) is 24.3 Å². The van der Waals surface area contributed by atoms with Crippen LogP contribution >= 0.6 is 11.3 Å². The summed E-state index contributed by atoms with van der Waals surface area (Å²) in [4.78, 5) is 39.6. The molecule has 1 aromatic carbocycles. The molecule has 160 valence electrons. The highest BCUT2D eigenvalue weighted by Gasteiger charge is 2.31. The van der Waals surface area contributed by atoms with Gasteiger partial charge in [0.15, 0.2) is 0 Å². The molecule has 2 amide bonds. The van der Waals surface area contributed by atoms with E-state index in [1.165, 1.54) is 35.6 Å². The smallest absolute Gasteiger partial charge is 0.410 e. The summed E-state index contributed by atoms with van der Waals surface area (Å²) in [6.45, 7) is 4.67. The lowest BCUT2D eigenvalue weighted by Gasteiger charge is -2.26. The maximum atomic E-state index is 13.1. The third-order valence-corrected chi connectivity index (χ3v) is 5.73. The van der Waals surface area contributed by atoms with E-state index in [0.717, 1.165) is 10.4 Å². The van der Waals surface area contributed by atoms with Crippen LogP contribution in [0.3, 0.4) is 0 Å². The van der Waals surface area contributed by atoms with Crippen LogP contribution in [0, 0.1) is 5.82 Å². The van der Waals surface area contributed by atoms with Crippen molar-refractivity contribution in [1.29, 1.82) is 0 Å². The van der Waals surface area contributed by atoms with Gasteiger partial charge in [0.2, 0.25) is 5.91 Å². The van der Waals surface area contributed by atoms with Gasteiger partial charge in [0.05, 0.1) is 31.7 Å². The Hall–Kier alpha value is -2.94. The minimum absolute atomic E-state index is 0.0417. The molecule has 1 aliphatic heterocycles. The Balaban J connectivity index is 1.82. The van der Waals surface area contributed by atoms with Crippen molar-refractivity contribution in [3.05, 3.63) is 51.7 Å². The second-order valence-corrected chi connectivity index (χ2v) is 7.76. The summed E-state index contributed by atoms with van der Waals surface area (Å²) in [7, 11) is 0. The van der Waals surface area contributed by atoms with Crippen LogP contribution in [0.5, 0.6) is 0 Å². The number of hydrogen-bond donors (Lipinski definition) is 1. The fourth-order valence-electron chi connectivity index (χ4n) is 3.24. The molecule has 0 aliphatic carbocycles. The normalized spacial score (nSPS) is 12.8. The Morgan fingerprint density at radius 3 is 2.50 bits per heavy atom. The summed E-state index contributed by atoms with van der Waals surface area (Å²) in [5, 5.41) is 3.19. The van der Waals surface area contributed by atoms with Gasteiger partial charge in [0.25, 0.3) is 0 Å². The van der Waals surface area contributed by atoms with E-state index < -0.39 is 12.1 Å². The number of benzene rings is 1. The number of esters is 1. The molecule has 0 atom stereocenters. The van der Waals surface area contributed by atoms with Gasteiger partial charge in [0.1, 0.15) is 10.8 Å². The summed E-state index contributed by atoms with van der Waals surface area (Å²) in [6, 6.07) is 5.66. The topological polar surface area (TPSA) is 84.9 Å². The van der Waals surface area contributed by atoms with Crippen molar-refractivity contribution in [2.45, 2.75) is 33.2 Å². The predicted octanol–water partition coefficient (Wildman–Crippen LogP) is 3.76. The number of amides is 2. The van der Waals surface area contributed by atoms with E-state index in [1.807, 2.05) is 0 Å². The van der Waals surface area contributed by atoms with E-state index in [-0.39, 0.29) is 31.4 Å². The van der Waals surface area contributed by atoms with E-state index in [1.54, 1.807) is 18.7 Å². The molecule has 1 aromatic heterocycles. The molecular formula is C21H23FN2O5S. The number of halogens is 1. The van der Waals surface area contributed by atoms with Gasteiger partial charge in [-0.3, -0.25) is 4.79 Å². The lowest BCUT2D eigenvalue weighted by molar-refractivity contribution is -0.115. The third kappa shape index (κ3) is 4.96. The molecule has 0 bridgehead atoms. The zero-order chi connectivity index (χ0) is 21.7. The first-order valence-corrected chi connectivity index (χ1v) is 10.5. The minimum atomic E-state index is -0.503. The van der Waals surface area contributed by atoms with E-state index in [9.17, 15) is 18.8 Å². The van der Waals surface area contributed by atoms with Crippen LogP contribution in [-0.4, -0.2) is 42.6 Å². The fourth-order valence-corrected chi connectivity index (χ4v) is 4.51. The molecule has 0 saturated carbocycles. The van der Waals surface area contributed by atoms with Gasteiger partial charge < -0.3 is 19.7 Å². The lowest BCUT2D eigenvalue weighted by Crippen LogP contribution is -2.36. The SMILES string of the molecule is CCOC(=O)c1c(NC(=O)Cc2ccc(F)cc2)sc2c1CCN(C(=O)OCC)C2. The van der Waals surface area contributed by atoms with Gasteiger partial charge in [-0.15, -0.1) is 11.3 Å². The van der Waals surface area contributed by atoms with Crippen molar-refractivity contribution < 1.29 is 28.2 Å². The maximum Gasteiger partial charge on any atom is 0.410 e. The standard InChI is InChI=1S/C21H23FN2O5S/c1-3-28-20(26)18-15-9-10-24(21(27)29-4-2)12-16(15)30-19(18)23-17(25)11-13-5-7-14(22)8-6-13/h5-8H,3-4,9-12H2,1-2H3,(H,23,25). The Labute approximate surface area is 177 Å². The number of ether oxygens (including phenoxy) is 2. The second-order valence-electron chi connectivity index (χ2n) is 6.65. The number of nitrogens with zero attached hydrogens (tertiary/aromatic N) is 1. The Bertz CT molecular complexity index is 942. The molecular weight excluding hydrogens is 411 g/mol. The first kappa shape index (κ1) is 21.8. The van der Waals surface area contributed by atoms with Gasteiger partial charge in [-0.25, -0.2) is 14.0 Å². The van der Waals surface area contributed by atoms with Crippen LogP contribution < -0.4 is 5.32 Å². The number of anilines is 1. The van der Waals surface area contributed by atoms with Crippen LogP contribution in [0.1, 0.15) is 40.2 Å². The molecule has 0 fully saturated rings. The number of carbonyl (C=O) groups excluding carboxylic acids is 3. The van der Waals surface area contributed by atoms with Crippen LogP contribution in [-0.2, 0) is 33.7 Å². The van der Waals surface area contributed by atoms with E-state index in [2.05, 4.69) is 5.32 Å². The predicted molar refractivity (Wildman–Crippen MR) is 110 cm³/mol. The molecule has 1 aliphatic rings. The van der Waals surface area contributed by atoms with Crippen molar-refractivity contribution in [3.63, 3.8) is 0 Å². The van der Waals surface area contributed by atoms with Crippen molar-refractivity contribution in [2.75, 3.05) is 25.1 Å². The van der Waals surface area contributed by atoms with Gasteiger partial charge in [0, 0.05) is 11.4 Å². The van der Waals surface area contributed by atoms with Crippen LogP contribution in [0.4, 0.5) is 14.2 Å². The van der Waals surface area contributed by atoms with E-state index >= 15 is 0 Å². The van der Waals surface area contributed by atoms with Crippen molar-refractivity contribution >= 4 is 34.3 Å². The van der Waals surface area contributed by atoms with Gasteiger partial charge >= 0.3 is 12.1 Å². The first-order valence-electron chi connectivity index (χ1n) is 9.70. The molecule has 7 nitrogen and oxygen atoms in total. The largest absolute Gasteiger partial charge is 0.462 e. The quantitative estimate of drug-likeness (QED) is 0.700. The molecule has 3 rings (SSSR count). The Morgan fingerprint density at radius 2 is 1.83 bits per heavy atom. The van der Waals surface area contributed by atoms with Gasteiger partial charge in [-0.1, -0.05) is 12.1 Å².